The summed E-state index contributed by atoms with van der Waals surface area (Å²) in [6.45, 7) is 3.91. The van der Waals surface area contributed by atoms with E-state index in [0.717, 1.165) is 0 Å². The van der Waals surface area contributed by atoms with Gasteiger partial charge in [0.05, 0.1) is 18.8 Å². The van der Waals surface area contributed by atoms with Crippen LogP contribution in [0.4, 0.5) is 0 Å². The van der Waals surface area contributed by atoms with Gasteiger partial charge >= 0.3 is 0 Å². The van der Waals surface area contributed by atoms with Crippen molar-refractivity contribution in [1.82, 2.24) is 0 Å². The molecule has 2 heterocycles. The predicted molar refractivity (Wildman–Crippen MR) is 87.2 cm³/mol. The maximum Gasteiger partial charge on any atom is 0.187 e. The van der Waals surface area contributed by atoms with Gasteiger partial charge in [0.15, 0.2) is 12.6 Å². The Morgan fingerprint density at radius 1 is 0.704 bits per heavy atom. The van der Waals surface area contributed by atoms with E-state index < -0.39 is 80.2 Å². The SMILES string of the molecule is CC(C)(C)O[C@@H]1O[C@@H](CO)C(OC2OC(CO)C(O)C(O)C2O)C(O)C1O. The fraction of sp³-hybridized carbons (Fsp3) is 1.00. The van der Waals surface area contributed by atoms with Gasteiger partial charge in [0.2, 0.25) is 0 Å². The molecule has 0 aromatic carbocycles. The molecule has 0 spiro atoms. The molecule has 2 aliphatic heterocycles. The van der Waals surface area contributed by atoms with E-state index in [1.807, 2.05) is 0 Å². The molecular formula is C16H30O11. The summed E-state index contributed by atoms with van der Waals surface area (Å²) in [5, 5.41) is 69.2. The van der Waals surface area contributed by atoms with Gasteiger partial charge in [-0.05, 0) is 20.8 Å². The fourth-order valence-electron chi connectivity index (χ4n) is 3.00. The van der Waals surface area contributed by atoms with E-state index in [2.05, 4.69) is 0 Å². The molecule has 2 fully saturated rings. The summed E-state index contributed by atoms with van der Waals surface area (Å²) in [4.78, 5) is 0. The van der Waals surface area contributed by atoms with Crippen LogP contribution in [0.5, 0.6) is 0 Å². The molecule has 0 aliphatic carbocycles. The molecule has 11 nitrogen and oxygen atoms in total. The molecule has 0 bridgehead atoms. The Labute approximate surface area is 156 Å². The minimum absolute atomic E-state index is 0.601. The first-order chi connectivity index (χ1) is 12.5. The normalized spacial score (nSPS) is 46.4. The largest absolute Gasteiger partial charge is 0.394 e. The number of hydrogen-bond donors (Lipinski definition) is 7. The summed E-state index contributed by atoms with van der Waals surface area (Å²) in [6, 6.07) is 0. The van der Waals surface area contributed by atoms with Crippen molar-refractivity contribution in [3.05, 3.63) is 0 Å². The zero-order valence-corrected chi connectivity index (χ0v) is 15.5. The van der Waals surface area contributed by atoms with Gasteiger partial charge in [0, 0.05) is 0 Å². The summed E-state index contributed by atoms with van der Waals surface area (Å²) in [5.41, 5.74) is -0.698. The Bertz CT molecular complexity index is 466. The van der Waals surface area contributed by atoms with Gasteiger partial charge in [-0.3, -0.25) is 0 Å². The smallest absolute Gasteiger partial charge is 0.187 e. The van der Waals surface area contributed by atoms with Crippen LogP contribution < -0.4 is 0 Å². The molecular weight excluding hydrogens is 368 g/mol. The highest BCUT2D eigenvalue weighted by molar-refractivity contribution is 4.94. The molecule has 8 unspecified atom stereocenters. The van der Waals surface area contributed by atoms with E-state index in [1.54, 1.807) is 20.8 Å². The van der Waals surface area contributed by atoms with Crippen LogP contribution >= 0.6 is 0 Å². The maximum atomic E-state index is 10.4. The Balaban J connectivity index is 2.12. The van der Waals surface area contributed by atoms with E-state index in [0.29, 0.717) is 0 Å². The van der Waals surface area contributed by atoms with Crippen LogP contribution in [0, 0.1) is 0 Å². The number of aliphatic hydroxyl groups is 7. The van der Waals surface area contributed by atoms with Crippen LogP contribution in [0.1, 0.15) is 20.8 Å². The molecule has 0 radical (unpaired) electrons. The number of ether oxygens (including phenoxy) is 4. The van der Waals surface area contributed by atoms with Gasteiger partial charge in [0.25, 0.3) is 0 Å². The lowest BCUT2D eigenvalue weighted by molar-refractivity contribution is -0.366. The zero-order valence-electron chi connectivity index (χ0n) is 15.5. The first-order valence-corrected chi connectivity index (χ1v) is 8.76. The first kappa shape index (κ1) is 22.8. The van der Waals surface area contributed by atoms with E-state index in [4.69, 9.17) is 18.9 Å². The van der Waals surface area contributed by atoms with E-state index in [1.165, 1.54) is 0 Å². The van der Waals surface area contributed by atoms with Crippen molar-refractivity contribution in [2.24, 2.45) is 0 Å². The third-order valence-electron chi connectivity index (χ3n) is 4.43. The quantitative estimate of drug-likeness (QED) is 0.243. The van der Waals surface area contributed by atoms with Crippen molar-refractivity contribution in [3.63, 3.8) is 0 Å². The third kappa shape index (κ3) is 5.14. The molecule has 160 valence electrons. The molecule has 2 rings (SSSR count). The van der Waals surface area contributed by atoms with E-state index in [9.17, 15) is 35.7 Å². The van der Waals surface area contributed by atoms with Gasteiger partial charge in [-0.25, -0.2) is 0 Å². The van der Waals surface area contributed by atoms with Crippen LogP contribution in [0.25, 0.3) is 0 Å². The molecule has 2 aliphatic rings. The van der Waals surface area contributed by atoms with Crippen molar-refractivity contribution < 1.29 is 54.7 Å². The molecule has 10 atom stereocenters. The molecule has 0 aromatic heterocycles. The molecule has 7 N–H and O–H groups in total. The van der Waals surface area contributed by atoms with E-state index in [-0.39, 0.29) is 0 Å². The van der Waals surface area contributed by atoms with Crippen LogP contribution in [0.2, 0.25) is 0 Å². The van der Waals surface area contributed by atoms with Crippen molar-refractivity contribution in [1.29, 1.82) is 0 Å². The molecule has 11 heteroatoms. The van der Waals surface area contributed by atoms with Crippen LogP contribution in [-0.2, 0) is 18.9 Å². The predicted octanol–water partition coefficient (Wildman–Crippen LogP) is -3.57. The second-order valence-electron chi connectivity index (χ2n) is 7.73. The van der Waals surface area contributed by atoms with Gasteiger partial charge in [-0.15, -0.1) is 0 Å². The summed E-state index contributed by atoms with van der Waals surface area (Å²) in [5.74, 6) is 0. The molecule has 0 saturated carbocycles. The Kier molecular flexibility index (Phi) is 7.55. The lowest BCUT2D eigenvalue weighted by atomic mass is 9.97. The van der Waals surface area contributed by atoms with Gasteiger partial charge in [0.1, 0.15) is 48.8 Å². The highest BCUT2D eigenvalue weighted by atomic mass is 16.7. The monoisotopic (exact) mass is 398 g/mol. The van der Waals surface area contributed by atoms with Crippen LogP contribution in [0.3, 0.4) is 0 Å². The third-order valence-corrected chi connectivity index (χ3v) is 4.43. The summed E-state index contributed by atoms with van der Waals surface area (Å²) >= 11 is 0. The Hall–Kier alpha value is -0.440. The van der Waals surface area contributed by atoms with Crippen molar-refractivity contribution in [2.75, 3.05) is 13.2 Å². The minimum Gasteiger partial charge on any atom is -0.394 e. The first-order valence-electron chi connectivity index (χ1n) is 8.76. The average molecular weight is 398 g/mol. The zero-order chi connectivity index (χ0) is 20.5. The minimum atomic E-state index is -1.70. The van der Waals surface area contributed by atoms with Crippen molar-refractivity contribution >= 4 is 0 Å². The van der Waals surface area contributed by atoms with Crippen LogP contribution in [-0.4, -0.2) is 116 Å². The average Bonchev–Trinajstić information content (AvgIpc) is 2.60. The number of hydrogen-bond acceptors (Lipinski definition) is 11. The highest BCUT2D eigenvalue weighted by Crippen LogP contribution is 2.30. The van der Waals surface area contributed by atoms with Crippen molar-refractivity contribution in [3.8, 4) is 0 Å². The Morgan fingerprint density at radius 2 is 1.22 bits per heavy atom. The van der Waals surface area contributed by atoms with Gasteiger partial charge in [-0.1, -0.05) is 0 Å². The fourth-order valence-corrected chi connectivity index (χ4v) is 3.00. The molecule has 27 heavy (non-hydrogen) atoms. The van der Waals surface area contributed by atoms with Gasteiger partial charge in [-0.2, -0.15) is 0 Å². The molecule has 0 aromatic rings. The molecule has 2 saturated heterocycles. The van der Waals surface area contributed by atoms with Crippen molar-refractivity contribution in [2.45, 2.75) is 87.8 Å². The Morgan fingerprint density at radius 3 is 1.74 bits per heavy atom. The second kappa shape index (κ2) is 8.93. The van der Waals surface area contributed by atoms with Crippen LogP contribution in [0.15, 0.2) is 0 Å². The standard InChI is InChI=1S/C16H30O11/c1-16(2,3)27-15-12(23)10(21)13(7(5-18)25-15)26-14-11(22)9(20)8(19)6(4-17)24-14/h6-15,17-23H,4-5H2,1-3H3/t6?,7-,8?,9?,10?,11?,12?,13?,14?,15-/m0/s1. The summed E-state index contributed by atoms with van der Waals surface area (Å²) < 4.78 is 21.7. The lowest BCUT2D eigenvalue weighted by Crippen LogP contribution is -2.65. The lowest BCUT2D eigenvalue weighted by Gasteiger charge is -2.46. The highest BCUT2D eigenvalue weighted by Gasteiger charge is 2.51. The topological polar surface area (TPSA) is 179 Å². The maximum absolute atomic E-state index is 10.4. The molecule has 0 amide bonds. The second-order valence-corrected chi connectivity index (χ2v) is 7.73. The van der Waals surface area contributed by atoms with Gasteiger partial charge < -0.3 is 54.7 Å². The summed E-state index contributed by atoms with van der Waals surface area (Å²) in [7, 11) is 0. The number of rotatable bonds is 5. The number of aliphatic hydroxyl groups excluding tert-OH is 7. The van der Waals surface area contributed by atoms with E-state index >= 15 is 0 Å². The summed E-state index contributed by atoms with van der Waals surface area (Å²) in [6.07, 6.45) is -14.5.